The molecule has 6 heteroatoms. The predicted molar refractivity (Wildman–Crippen MR) is 74.2 cm³/mol. The van der Waals surface area contributed by atoms with Gasteiger partial charge in [-0.05, 0) is 24.8 Å². The number of carbonyl (C=O) groups excluding carboxylic acids is 2. The Morgan fingerprint density at radius 2 is 2.00 bits per heavy atom. The van der Waals surface area contributed by atoms with Gasteiger partial charge in [-0.25, -0.2) is 9.69 Å². The van der Waals surface area contributed by atoms with Crippen LogP contribution in [0.4, 0.5) is 5.00 Å². The van der Waals surface area contributed by atoms with E-state index in [4.69, 9.17) is 0 Å². The van der Waals surface area contributed by atoms with Crippen LogP contribution in [-0.2, 0) is 22.4 Å². The highest BCUT2D eigenvalue weighted by Crippen LogP contribution is 2.45. The Morgan fingerprint density at radius 1 is 1.30 bits per heavy atom. The number of nitrogens with zero attached hydrogens (tertiary/aromatic N) is 1. The predicted octanol–water partition coefficient (Wildman–Crippen LogP) is 2.22. The molecule has 2 amide bonds. The molecular formula is C14H15NO4S. The SMILES string of the molecule is CC1(C)CC(=O)N(c2sc3c(c2C(=O)O)CCC3)C1=O. The second-order valence-corrected chi connectivity index (χ2v) is 7.02. The van der Waals surface area contributed by atoms with Crippen LogP contribution in [0.1, 0.15) is 47.5 Å². The molecule has 3 rings (SSSR count). The van der Waals surface area contributed by atoms with E-state index in [0.717, 1.165) is 28.2 Å². The van der Waals surface area contributed by atoms with Crippen molar-refractivity contribution in [2.24, 2.45) is 5.41 Å². The lowest BCUT2D eigenvalue weighted by Gasteiger charge is -2.17. The van der Waals surface area contributed by atoms with Crippen LogP contribution in [0.25, 0.3) is 0 Å². The summed E-state index contributed by atoms with van der Waals surface area (Å²) in [6.07, 6.45) is 2.62. The van der Waals surface area contributed by atoms with Crippen molar-refractivity contribution in [3.05, 3.63) is 16.0 Å². The van der Waals surface area contributed by atoms with Gasteiger partial charge in [0.25, 0.3) is 0 Å². The standard InChI is InChI=1S/C14H15NO4S/c1-14(2)6-9(16)15(13(14)19)11-10(12(17)18)7-4-3-5-8(7)20-11/h3-6H2,1-2H3,(H,17,18). The molecule has 1 N–H and O–H groups in total. The molecule has 5 nitrogen and oxygen atoms in total. The van der Waals surface area contributed by atoms with Gasteiger partial charge >= 0.3 is 5.97 Å². The lowest BCUT2D eigenvalue weighted by atomic mass is 9.92. The van der Waals surface area contributed by atoms with Gasteiger partial charge in [-0.3, -0.25) is 9.59 Å². The third-order valence-electron chi connectivity index (χ3n) is 3.94. The van der Waals surface area contributed by atoms with Crippen molar-refractivity contribution in [3.63, 3.8) is 0 Å². The summed E-state index contributed by atoms with van der Waals surface area (Å²) < 4.78 is 0. The maximum absolute atomic E-state index is 12.4. The molecule has 1 saturated heterocycles. The molecule has 1 aromatic heterocycles. The van der Waals surface area contributed by atoms with Crippen LogP contribution in [0.15, 0.2) is 0 Å². The fraction of sp³-hybridized carbons (Fsp3) is 0.500. The van der Waals surface area contributed by atoms with Crippen molar-refractivity contribution in [3.8, 4) is 0 Å². The Labute approximate surface area is 120 Å². The highest BCUT2D eigenvalue weighted by Gasteiger charge is 2.48. The maximum Gasteiger partial charge on any atom is 0.339 e. The summed E-state index contributed by atoms with van der Waals surface area (Å²) in [6.45, 7) is 3.43. The normalized spacial score (nSPS) is 20.6. The van der Waals surface area contributed by atoms with Gasteiger partial charge in [0.2, 0.25) is 11.8 Å². The number of carboxylic acid groups (broad SMARTS) is 1. The molecule has 2 heterocycles. The highest BCUT2D eigenvalue weighted by atomic mass is 32.1. The van der Waals surface area contributed by atoms with E-state index in [1.165, 1.54) is 11.3 Å². The number of rotatable bonds is 2. The molecule has 0 aromatic carbocycles. The molecule has 0 radical (unpaired) electrons. The molecule has 0 bridgehead atoms. The monoisotopic (exact) mass is 293 g/mol. The van der Waals surface area contributed by atoms with Crippen molar-refractivity contribution in [2.45, 2.75) is 39.5 Å². The quantitative estimate of drug-likeness (QED) is 0.848. The Balaban J connectivity index is 2.14. The van der Waals surface area contributed by atoms with Crippen LogP contribution >= 0.6 is 11.3 Å². The number of fused-ring (bicyclic) bond motifs is 1. The van der Waals surface area contributed by atoms with Crippen LogP contribution in [-0.4, -0.2) is 22.9 Å². The molecule has 0 saturated carbocycles. The van der Waals surface area contributed by atoms with Gasteiger partial charge < -0.3 is 5.11 Å². The fourth-order valence-corrected chi connectivity index (χ4v) is 4.32. The summed E-state index contributed by atoms with van der Waals surface area (Å²) in [6, 6.07) is 0. The second kappa shape index (κ2) is 4.15. The van der Waals surface area contributed by atoms with Gasteiger partial charge in [-0.1, -0.05) is 13.8 Å². The number of carboxylic acids is 1. The lowest BCUT2D eigenvalue weighted by Crippen LogP contribution is -2.33. The number of hydrogen-bond donors (Lipinski definition) is 1. The van der Waals surface area contributed by atoms with E-state index in [9.17, 15) is 19.5 Å². The lowest BCUT2D eigenvalue weighted by molar-refractivity contribution is -0.124. The smallest absolute Gasteiger partial charge is 0.339 e. The molecule has 106 valence electrons. The number of hydrogen-bond acceptors (Lipinski definition) is 4. The number of carbonyl (C=O) groups is 3. The first-order chi connectivity index (χ1) is 9.33. The molecule has 2 aliphatic rings. The molecule has 0 atom stereocenters. The van der Waals surface area contributed by atoms with Crippen molar-refractivity contribution in [1.29, 1.82) is 0 Å². The first-order valence-corrected chi connectivity index (χ1v) is 7.40. The number of aryl methyl sites for hydroxylation is 1. The van der Waals surface area contributed by atoms with Crippen LogP contribution in [0, 0.1) is 5.41 Å². The van der Waals surface area contributed by atoms with Crippen LogP contribution in [0.3, 0.4) is 0 Å². The molecule has 1 aromatic rings. The highest BCUT2D eigenvalue weighted by molar-refractivity contribution is 7.17. The summed E-state index contributed by atoms with van der Waals surface area (Å²) in [5.41, 5.74) is 0.214. The Hall–Kier alpha value is -1.69. The van der Waals surface area contributed by atoms with Crippen LogP contribution in [0.2, 0.25) is 0 Å². The zero-order valence-corrected chi connectivity index (χ0v) is 12.2. The van der Waals surface area contributed by atoms with E-state index >= 15 is 0 Å². The summed E-state index contributed by atoms with van der Waals surface area (Å²) in [5.74, 6) is -1.66. The minimum atomic E-state index is -1.05. The Kier molecular flexibility index (Phi) is 2.76. The van der Waals surface area contributed by atoms with Gasteiger partial charge in [0.1, 0.15) is 5.00 Å². The van der Waals surface area contributed by atoms with Crippen LogP contribution in [0.5, 0.6) is 0 Å². The largest absolute Gasteiger partial charge is 0.478 e. The van der Waals surface area contributed by atoms with Crippen molar-refractivity contribution < 1.29 is 19.5 Å². The minimum absolute atomic E-state index is 0.132. The summed E-state index contributed by atoms with van der Waals surface area (Å²) in [5, 5.41) is 9.75. The van der Waals surface area contributed by atoms with E-state index in [2.05, 4.69) is 0 Å². The molecular weight excluding hydrogens is 278 g/mol. The fourth-order valence-electron chi connectivity index (χ4n) is 2.92. The van der Waals surface area contributed by atoms with Gasteiger partial charge in [0, 0.05) is 11.3 Å². The number of imide groups is 1. The average molecular weight is 293 g/mol. The minimum Gasteiger partial charge on any atom is -0.478 e. The Bertz CT molecular complexity index is 644. The van der Waals surface area contributed by atoms with E-state index in [1.807, 2.05) is 0 Å². The van der Waals surface area contributed by atoms with Crippen LogP contribution < -0.4 is 4.90 Å². The van der Waals surface area contributed by atoms with E-state index < -0.39 is 11.4 Å². The van der Waals surface area contributed by atoms with Gasteiger partial charge in [-0.15, -0.1) is 11.3 Å². The third kappa shape index (κ3) is 1.71. The number of amides is 2. The number of thiophene rings is 1. The number of anilines is 1. The maximum atomic E-state index is 12.4. The average Bonchev–Trinajstić information content (AvgIpc) is 2.91. The van der Waals surface area contributed by atoms with Crippen molar-refractivity contribution >= 4 is 34.1 Å². The van der Waals surface area contributed by atoms with E-state index in [1.54, 1.807) is 13.8 Å². The van der Waals surface area contributed by atoms with E-state index in [0.29, 0.717) is 11.4 Å². The topological polar surface area (TPSA) is 74.7 Å². The molecule has 0 unspecified atom stereocenters. The first kappa shape index (κ1) is 13.3. The summed E-state index contributed by atoms with van der Waals surface area (Å²) >= 11 is 1.29. The first-order valence-electron chi connectivity index (χ1n) is 6.58. The van der Waals surface area contributed by atoms with E-state index in [-0.39, 0.29) is 23.8 Å². The van der Waals surface area contributed by atoms with Crippen molar-refractivity contribution in [1.82, 2.24) is 0 Å². The molecule has 1 aliphatic heterocycles. The van der Waals surface area contributed by atoms with Gasteiger partial charge in [0.05, 0.1) is 11.0 Å². The molecule has 1 fully saturated rings. The molecule has 0 spiro atoms. The van der Waals surface area contributed by atoms with Crippen molar-refractivity contribution in [2.75, 3.05) is 4.90 Å². The van der Waals surface area contributed by atoms with Gasteiger partial charge in [-0.2, -0.15) is 0 Å². The zero-order valence-electron chi connectivity index (χ0n) is 11.4. The third-order valence-corrected chi connectivity index (χ3v) is 5.22. The zero-order chi connectivity index (χ0) is 14.7. The Morgan fingerprint density at radius 3 is 2.55 bits per heavy atom. The summed E-state index contributed by atoms with van der Waals surface area (Å²) in [7, 11) is 0. The number of aromatic carboxylic acids is 1. The van der Waals surface area contributed by atoms with Gasteiger partial charge in [0.15, 0.2) is 0 Å². The molecule has 20 heavy (non-hydrogen) atoms. The molecule has 1 aliphatic carbocycles. The second-order valence-electron chi connectivity index (χ2n) is 5.94. The summed E-state index contributed by atoms with van der Waals surface area (Å²) in [4.78, 5) is 38.1.